The fourth-order valence-electron chi connectivity index (χ4n) is 0.975. The summed E-state index contributed by atoms with van der Waals surface area (Å²) < 4.78 is 4.94. The van der Waals surface area contributed by atoms with E-state index >= 15 is 0 Å². The van der Waals surface area contributed by atoms with Crippen LogP contribution in [0.4, 0.5) is 0 Å². The molecule has 76 valence electrons. The van der Waals surface area contributed by atoms with Gasteiger partial charge in [0.1, 0.15) is 0 Å². The molecule has 0 radical (unpaired) electrons. The van der Waals surface area contributed by atoms with Crippen LogP contribution in [0.2, 0.25) is 0 Å². The molecule has 0 aliphatic heterocycles. The summed E-state index contributed by atoms with van der Waals surface area (Å²) in [6.07, 6.45) is 1.49. The van der Waals surface area contributed by atoms with Gasteiger partial charge in [0, 0.05) is 12.6 Å². The summed E-state index contributed by atoms with van der Waals surface area (Å²) >= 11 is 0. The molecule has 5 nitrogen and oxygen atoms in total. The van der Waals surface area contributed by atoms with E-state index in [4.69, 9.17) is 4.74 Å². The van der Waals surface area contributed by atoms with Gasteiger partial charge in [-0.25, -0.2) is 11.0 Å². The molecule has 1 aromatic carbocycles. The molecule has 0 aliphatic carbocycles. The zero-order chi connectivity index (χ0) is 10.4. The lowest BCUT2D eigenvalue weighted by Crippen LogP contribution is -2.21. The minimum atomic E-state index is 0.0802. The summed E-state index contributed by atoms with van der Waals surface area (Å²) in [5.41, 5.74) is 5.74. The third kappa shape index (κ3) is 2.37. The first kappa shape index (κ1) is 10.3. The molecule has 0 atom stereocenters. The molecule has 1 rings (SSSR count). The van der Waals surface area contributed by atoms with E-state index in [1.165, 1.54) is 13.3 Å². The number of methoxy groups -OCH3 is 1. The third-order valence-electron chi connectivity index (χ3n) is 1.63. The molecule has 0 bridgehead atoms. The van der Waals surface area contributed by atoms with Crippen LogP contribution in [0.3, 0.4) is 0 Å². The number of hydrogen-bond donors (Lipinski definition) is 3. The van der Waals surface area contributed by atoms with E-state index in [1.54, 1.807) is 25.2 Å². The van der Waals surface area contributed by atoms with Crippen molar-refractivity contribution < 1.29 is 9.84 Å². The van der Waals surface area contributed by atoms with E-state index in [2.05, 4.69) is 16.1 Å². The molecule has 0 fully saturated rings. The van der Waals surface area contributed by atoms with Gasteiger partial charge in [-0.1, -0.05) is 6.07 Å². The van der Waals surface area contributed by atoms with Gasteiger partial charge in [0.05, 0.1) is 13.3 Å². The smallest absolute Gasteiger partial charge is 0.166 e. The first-order valence-electron chi connectivity index (χ1n) is 4.10. The first-order chi connectivity index (χ1) is 6.79. The molecule has 0 aliphatic rings. The molecule has 0 spiro atoms. The van der Waals surface area contributed by atoms with Crippen molar-refractivity contribution in [2.45, 2.75) is 0 Å². The van der Waals surface area contributed by atoms with Crippen molar-refractivity contribution in [2.24, 2.45) is 5.10 Å². The van der Waals surface area contributed by atoms with E-state index in [1.807, 2.05) is 0 Å². The Morgan fingerprint density at radius 2 is 2.29 bits per heavy atom. The number of aromatic hydroxyl groups is 1. The minimum Gasteiger partial charge on any atom is -0.504 e. The SMILES string of the molecule is CNN/N=C/c1cccc(OC)c1O. The van der Waals surface area contributed by atoms with Crippen LogP contribution < -0.4 is 15.7 Å². The number of hydrogen-bond acceptors (Lipinski definition) is 5. The van der Waals surface area contributed by atoms with E-state index in [9.17, 15) is 5.11 Å². The molecule has 0 aromatic heterocycles. The monoisotopic (exact) mass is 195 g/mol. The maximum Gasteiger partial charge on any atom is 0.166 e. The normalized spacial score (nSPS) is 10.4. The Balaban J connectivity index is 2.86. The van der Waals surface area contributed by atoms with Gasteiger partial charge in [0.2, 0.25) is 0 Å². The summed E-state index contributed by atoms with van der Waals surface area (Å²) in [6, 6.07) is 5.19. The highest BCUT2D eigenvalue weighted by Crippen LogP contribution is 2.27. The zero-order valence-corrected chi connectivity index (χ0v) is 8.11. The second-order valence-electron chi connectivity index (χ2n) is 2.52. The maximum atomic E-state index is 9.62. The van der Waals surface area contributed by atoms with Gasteiger partial charge in [-0.15, -0.1) is 0 Å². The van der Waals surface area contributed by atoms with Crippen LogP contribution in [-0.4, -0.2) is 25.5 Å². The highest BCUT2D eigenvalue weighted by atomic mass is 16.5. The van der Waals surface area contributed by atoms with Crippen LogP contribution >= 0.6 is 0 Å². The molecule has 0 heterocycles. The Morgan fingerprint density at radius 3 is 2.93 bits per heavy atom. The third-order valence-corrected chi connectivity index (χ3v) is 1.63. The van der Waals surface area contributed by atoms with Crippen LogP contribution in [0.5, 0.6) is 11.5 Å². The molecule has 0 unspecified atom stereocenters. The quantitative estimate of drug-likeness (QED) is 0.482. The predicted octanol–water partition coefficient (Wildman–Crippen LogP) is 0.459. The lowest BCUT2D eigenvalue weighted by Gasteiger charge is -2.04. The van der Waals surface area contributed by atoms with Gasteiger partial charge in [0.15, 0.2) is 11.5 Å². The van der Waals surface area contributed by atoms with Crippen LogP contribution in [0.25, 0.3) is 0 Å². The van der Waals surface area contributed by atoms with E-state index < -0.39 is 0 Å². The highest BCUT2D eigenvalue weighted by Gasteiger charge is 2.04. The van der Waals surface area contributed by atoms with Gasteiger partial charge < -0.3 is 9.84 Å². The lowest BCUT2D eigenvalue weighted by atomic mass is 10.2. The second kappa shape index (κ2) is 5.08. The second-order valence-corrected chi connectivity index (χ2v) is 2.52. The van der Waals surface area contributed by atoms with Crippen molar-refractivity contribution in [2.75, 3.05) is 14.2 Å². The molecule has 5 heteroatoms. The van der Waals surface area contributed by atoms with Gasteiger partial charge in [-0.3, -0.25) is 0 Å². The fourth-order valence-corrected chi connectivity index (χ4v) is 0.975. The summed E-state index contributed by atoms with van der Waals surface area (Å²) in [5.74, 6) is 0.509. The van der Waals surface area contributed by atoms with Gasteiger partial charge >= 0.3 is 0 Å². The maximum absolute atomic E-state index is 9.62. The highest BCUT2D eigenvalue weighted by molar-refractivity contribution is 5.84. The molecule has 14 heavy (non-hydrogen) atoms. The van der Waals surface area contributed by atoms with Gasteiger partial charge in [-0.2, -0.15) is 5.10 Å². The number of phenols is 1. The van der Waals surface area contributed by atoms with Crippen LogP contribution in [0.15, 0.2) is 23.3 Å². The number of hydrazone groups is 1. The topological polar surface area (TPSA) is 65.9 Å². The molecule has 0 amide bonds. The van der Waals surface area contributed by atoms with Crippen molar-refractivity contribution in [1.82, 2.24) is 11.0 Å². The standard InChI is InChI=1S/C9H13N3O2/c1-10-12-11-6-7-4-3-5-8(14-2)9(7)13/h3-6,10,12-13H,1-2H3/b11-6+. The number of para-hydroxylation sites is 1. The van der Waals surface area contributed by atoms with Crippen molar-refractivity contribution in [3.8, 4) is 11.5 Å². The number of hydrazine groups is 1. The minimum absolute atomic E-state index is 0.0802. The molecule has 0 saturated heterocycles. The van der Waals surface area contributed by atoms with Crippen molar-refractivity contribution in [1.29, 1.82) is 0 Å². The molecular formula is C9H13N3O2. The predicted molar refractivity (Wildman–Crippen MR) is 54.4 cm³/mol. The number of benzene rings is 1. The van der Waals surface area contributed by atoms with Gasteiger partial charge in [-0.05, 0) is 12.1 Å². The van der Waals surface area contributed by atoms with E-state index in [0.29, 0.717) is 11.3 Å². The Bertz CT molecular complexity index is 326. The molecule has 3 N–H and O–H groups in total. The summed E-state index contributed by atoms with van der Waals surface area (Å²) in [5, 5.41) is 13.4. The number of ether oxygens (including phenoxy) is 1. The Labute approximate surface area is 82.4 Å². The van der Waals surface area contributed by atoms with Crippen LogP contribution in [0.1, 0.15) is 5.56 Å². The molecular weight excluding hydrogens is 182 g/mol. The summed E-state index contributed by atoms with van der Waals surface area (Å²) in [4.78, 5) is 0. The largest absolute Gasteiger partial charge is 0.504 e. The van der Waals surface area contributed by atoms with E-state index in [0.717, 1.165) is 0 Å². The Hall–Kier alpha value is -1.75. The average molecular weight is 195 g/mol. The summed E-state index contributed by atoms with van der Waals surface area (Å²) in [7, 11) is 3.20. The number of nitrogens with zero attached hydrogens (tertiary/aromatic N) is 1. The number of rotatable bonds is 4. The lowest BCUT2D eigenvalue weighted by molar-refractivity contribution is 0.373. The zero-order valence-electron chi connectivity index (χ0n) is 8.11. The average Bonchev–Trinajstić information content (AvgIpc) is 2.21. The van der Waals surface area contributed by atoms with Gasteiger partial charge in [0.25, 0.3) is 0 Å². The fraction of sp³-hybridized carbons (Fsp3) is 0.222. The van der Waals surface area contributed by atoms with Crippen LogP contribution in [0, 0.1) is 0 Å². The number of nitrogens with one attached hydrogen (secondary N) is 2. The number of phenolic OH excluding ortho intramolecular Hbond substituents is 1. The Kier molecular flexibility index (Phi) is 3.75. The van der Waals surface area contributed by atoms with Crippen molar-refractivity contribution in [3.05, 3.63) is 23.8 Å². The first-order valence-corrected chi connectivity index (χ1v) is 4.10. The van der Waals surface area contributed by atoms with Crippen molar-refractivity contribution in [3.63, 3.8) is 0 Å². The Morgan fingerprint density at radius 1 is 1.50 bits per heavy atom. The molecule has 0 saturated carbocycles. The van der Waals surface area contributed by atoms with E-state index in [-0.39, 0.29) is 5.75 Å². The van der Waals surface area contributed by atoms with Crippen molar-refractivity contribution >= 4 is 6.21 Å². The molecule has 1 aromatic rings. The summed E-state index contributed by atoms with van der Waals surface area (Å²) in [6.45, 7) is 0. The van der Waals surface area contributed by atoms with Crippen LogP contribution in [-0.2, 0) is 0 Å².